The van der Waals surface area contributed by atoms with E-state index < -0.39 is 33.5 Å². The molecule has 11 heteroatoms. The lowest BCUT2D eigenvalue weighted by Gasteiger charge is -2.58. The van der Waals surface area contributed by atoms with Crippen molar-refractivity contribution in [3.05, 3.63) is 11.6 Å². The fourth-order valence-corrected chi connectivity index (χ4v) is 8.42. The quantitative estimate of drug-likeness (QED) is 0.422. The molecule has 0 bridgehead atoms. The van der Waals surface area contributed by atoms with Gasteiger partial charge in [0.25, 0.3) is 0 Å². The molecule has 7 atom stereocenters. The zero-order valence-electron chi connectivity index (χ0n) is 18.4. The molecule has 32 heavy (non-hydrogen) atoms. The highest BCUT2D eigenvalue weighted by atomic mass is 32.3. The Bertz CT molecular complexity index is 1020. The minimum atomic E-state index is -4.65. The predicted molar refractivity (Wildman–Crippen MR) is 114 cm³/mol. The van der Waals surface area contributed by atoms with Crippen molar-refractivity contribution in [3.8, 4) is 0 Å². The van der Waals surface area contributed by atoms with Gasteiger partial charge in [0.2, 0.25) is 0 Å². The second-order valence-electron chi connectivity index (χ2n) is 10.5. The third kappa shape index (κ3) is 4.44. The third-order valence-corrected chi connectivity index (χ3v) is 9.99. The van der Waals surface area contributed by atoms with Crippen molar-refractivity contribution in [2.75, 3.05) is 6.61 Å². The molecular weight excluding hydrogens is 460 g/mol. The van der Waals surface area contributed by atoms with Crippen LogP contribution in [0.3, 0.4) is 0 Å². The molecular formula is C21H32O9S2. The van der Waals surface area contributed by atoms with Crippen molar-refractivity contribution < 1.29 is 39.1 Å². The zero-order valence-corrected chi connectivity index (χ0v) is 20.0. The summed E-state index contributed by atoms with van der Waals surface area (Å²) in [5.74, 6) is 0.610. The molecule has 0 saturated heterocycles. The lowest BCUT2D eigenvalue weighted by Crippen LogP contribution is -2.51. The molecule has 2 N–H and O–H groups in total. The number of carbonyl (C=O) groups excluding carboxylic acids is 1. The van der Waals surface area contributed by atoms with Gasteiger partial charge in [-0.15, -0.1) is 0 Å². The van der Waals surface area contributed by atoms with E-state index in [9.17, 15) is 21.6 Å². The summed E-state index contributed by atoms with van der Waals surface area (Å²) in [5.41, 5.74) is 0.919. The van der Waals surface area contributed by atoms with Crippen molar-refractivity contribution in [1.29, 1.82) is 0 Å². The first-order valence-corrected chi connectivity index (χ1v) is 14.0. The monoisotopic (exact) mass is 492 g/mol. The van der Waals surface area contributed by atoms with Crippen molar-refractivity contribution in [2.45, 2.75) is 71.3 Å². The lowest BCUT2D eigenvalue weighted by atomic mass is 9.47. The molecule has 0 spiro atoms. The Hall–Kier alpha value is -0.850. The highest BCUT2D eigenvalue weighted by molar-refractivity contribution is 7.81. The topological polar surface area (TPSA) is 144 Å². The van der Waals surface area contributed by atoms with E-state index >= 15 is 0 Å². The standard InChI is InChI=1S/C21H32O9S2/c1-20-9-7-14(30-32(26,27)28)11-13(20)3-4-15-16-5-6-18(19(22)12-29-31(23,24)25)21(16,2)10-8-17(15)20/h3,14-18H,4-12H2,1-2H3,(H,23,24,25)(H,26,27,28)/t14-,15-,16-,17-,18+,20-,21-/m0/s1. The second kappa shape index (κ2) is 8.13. The summed E-state index contributed by atoms with van der Waals surface area (Å²) in [7, 11) is -9.12. The van der Waals surface area contributed by atoms with E-state index in [0.717, 1.165) is 32.1 Å². The van der Waals surface area contributed by atoms with Gasteiger partial charge in [-0.1, -0.05) is 25.5 Å². The number of hydrogen-bond acceptors (Lipinski definition) is 7. The molecule has 4 aliphatic carbocycles. The fourth-order valence-electron chi connectivity index (χ4n) is 7.64. The first-order chi connectivity index (χ1) is 14.7. The Morgan fingerprint density at radius 3 is 2.41 bits per heavy atom. The predicted octanol–water partition coefficient (Wildman–Crippen LogP) is 3.14. The summed E-state index contributed by atoms with van der Waals surface area (Å²) in [5, 5.41) is 0. The van der Waals surface area contributed by atoms with Crippen LogP contribution in [0, 0.1) is 34.5 Å². The molecule has 4 aliphatic rings. The van der Waals surface area contributed by atoms with Crippen LogP contribution in [0.15, 0.2) is 11.6 Å². The average Bonchev–Trinajstić information content (AvgIpc) is 3.02. The van der Waals surface area contributed by atoms with E-state index in [1.807, 2.05) is 0 Å². The number of hydrogen-bond donors (Lipinski definition) is 2. The van der Waals surface area contributed by atoms with E-state index in [1.165, 1.54) is 5.57 Å². The van der Waals surface area contributed by atoms with Gasteiger partial charge < -0.3 is 0 Å². The molecule has 0 aromatic heterocycles. The van der Waals surface area contributed by atoms with Crippen molar-refractivity contribution in [3.63, 3.8) is 0 Å². The number of rotatable bonds is 6. The van der Waals surface area contributed by atoms with Gasteiger partial charge in [-0.05, 0) is 80.0 Å². The molecule has 0 amide bonds. The van der Waals surface area contributed by atoms with Gasteiger partial charge in [0.15, 0.2) is 5.78 Å². The Labute approximate surface area is 189 Å². The van der Waals surface area contributed by atoms with Gasteiger partial charge in [0.05, 0.1) is 6.10 Å². The zero-order chi connectivity index (χ0) is 23.5. The van der Waals surface area contributed by atoms with E-state index in [-0.39, 0.29) is 22.5 Å². The number of fused-ring (bicyclic) bond motifs is 5. The van der Waals surface area contributed by atoms with Crippen molar-refractivity contribution >= 4 is 26.6 Å². The largest absolute Gasteiger partial charge is 0.397 e. The molecule has 3 fully saturated rings. The van der Waals surface area contributed by atoms with E-state index in [1.54, 1.807) is 0 Å². The Morgan fingerprint density at radius 1 is 1.03 bits per heavy atom. The van der Waals surface area contributed by atoms with E-state index in [0.29, 0.717) is 37.0 Å². The van der Waals surface area contributed by atoms with Crippen LogP contribution in [0.2, 0.25) is 0 Å². The van der Waals surface area contributed by atoms with Crippen molar-refractivity contribution in [1.82, 2.24) is 0 Å². The maximum Gasteiger partial charge on any atom is 0.397 e. The second-order valence-corrected chi connectivity index (χ2v) is 12.6. The average molecular weight is 493 g/mol. The number of Topliss-reactive ketones (excluding diaryl/α,β-unsaturated/α-hetero) is 1. The van der Waals surface area contributed by atoms with Gasteiger partial charge >= 0.3 is 20.8 Å². The van der Waals surface area contributed by atoms with Crippen LogP contribution in [-0.4, -0.2) is 44.4 Å². The maximum atomic E-state index is 12.8. The Morgan fingerprint density at radius 2 is 1.75 bits per heavy atom. The fraction of sp³-hybridized carbons (Fsp3) is 0.857. The summed E-state index contributed by atoms with van der Waals surface area (Å²) >= 11 is 0. The van der Waals surface area contributed by atoms with Crippen LogP contribution in [-0.2, 0) is 34.0 Å². The highest BCUT2D eigenvalue weighted by Crippen LogP contribution is 2.66. The molecule has 0 radical (unpaired) electrons. The van der Waals surface area contributed by atoms with Gasteiger partial charge in [-0.25, -0.2) is 8.37 Å². The molecule has 0 aliphatic heterocycles. The lowest BCUT2D eigenvalue weighted by molar-refractivity contribution is -0.131. The molecule has 9 nitrogen and oxygen atoms in total. The highest BCUT2D eigenvalue weighted by Gasteiger charge is 2.59. The van der Waals surface area contributed by atoms with Gasteiger partial charge in [0.1, 0.15) is 6.61 Å². The molecule has 0 unspecified atom stereocenters. The Kier molecular flexibility index (Phi) is 6.17. The first-order valence-electron chi connectivity index (χ1n) is 11.2. The van der Waals surface area contributed by atoms with Crippen LogP contribution in [0.25, 0.3) is 0 Å². The van der Waals surface area contributed by atoms with Crippen LogP contribution in [0.1, 0.15) is 65.2 Å². The van der Waals surface area contributed by atoms with Gasteiger partial charge in [-0.2, -0.15) is 16.8 Å². The molecule has 0 aromatic carbocycles. The Balaban J connectivity index is 1.51. The van der Waals surface area contributed by atoms with Crippen LogP contribution in [0.5, 0.6) is 0 Å². The maximum absolute atomic E-state index is 12.8. The molecule has 4 rings (SSSR count). The van der Waals surface area contributed by atoms with E-state index in [4.69, 9.17) is 13.3 Å². The SMILES string of the molecule is C[C@]12CC[C@H]3[C@@H](CC=C4C[C@@H](OS(=O)(=O)O)CC[C@@]43C)[C@@H]1CC[C@@H]2C(=O)COS(=O)(=O)O. The normalized spacial score (nSPS) is 41.9. The molecule has 3 saturated carbocycles. The van der Waals surface area contributed by atoms with Gasteiger partial charge in [-0.3, -0.25) is 13.9 Å². The summed E-state index contributed by atoms with van der Waals surface area (Å²) < 4.78 is 71.2. The number of ketones is 1. The van der Waals surface area contributed by atoms with Gasteiger partial charge in [0, 0.05) is 5.92 Å². The molecule has 182 valence electrons. The van der Waals surface area contributed by atoms with Crippen LogP contribution >= 0.6 is 0 Å². The molecule has 0 heterocycles. The third-order valence-electron chi connectivity index (χ3n) is 9.06. The summed E-state index contributed by atoms with van der Waals surface area (Å²) in [6.07, 6.45) is 7.76. The minimum Gasteiger partial charge on any atom is -0.297 e. The van der Waals surface area contributed by atoms with Crippen molar-refractivity contribution in [2.24, 2.45) is 34.5 Å². The smallest absolute Gasteiger partial charge is 0.297 e. The summed E-state index contributed by atoms with van der Waals surface area (Å²) in [4.78, 5) is 12.8. The first kappa shape index (κ1) is 24.3. The van der Waals surface area contributed by atoms with Crippen LogP contribution in [0.4, 0.5) is 0 Å². The minimum absolute atomic E-state index is 0.0561. The van der Waals surface area contributed by atoms with Crippen LogP contribution < -0.4 is 0 Å². The summed E-state index contributed by atoms with van der Waals surface area (Å²) in [6.45, 7) is 3.76. The number of carbonyl (C=O) groups is 1. The molecule has 0 aromatic rings. The number of allylic oxidation sites excluding steroid dienone is 1. The summed E-state index contributed by atoms with van der Waals surface area (Å²) in [6, 6.07) is 0. The van der Waals surface area contributed by atoms with E-state index in [2.05, 4.69) is 24.1 Å².